The van der Waals surface area contributed by atoms with Crippen LogP contribution in [0.4, 0.5) is 0 Å². The largest absolute Gasteiger partial charge is 0.481 e. The third kappa shape index (κ3) is 5.75. The van der Waals surface area contributed by atoms with Crippen molar-refractivity contribution in [3.05, 3.63) is 23.8 Å². The molecule has 3 atom stereocenters. The second kappa shape index (κ2) is 11.9. The molecule has 0 saturated carbocycles. The molecule has 3 heterocycles. The molecular weight excluding hydrogens is 464 g/mol. The highest BCUT2D eigenvalue weighted by Crippen LogP contribution is 2.42. The van der Waals surface area contributed by atoms with Gasteiger partial charge in [-0.15, -0.1) is 0 Å². The molecule has 10 heteroatoms. The van der Waals surface area contributed by atoms with Crippen molar-refractivity contribution in [2.75, 3.05) is 52.6 Å². The first kappa shape index (κ1) is 26.2. The summed E-state index contributed by atoms with van der Waals surface area (Å²) in [5, 5.41) is 10.3. The zero-order valence-electron chi connectivity index (χ0n) is 21.1. The van der Waals surface area contributed by atoms with Gasteiger partial charge in [-0.1, -0.05) is 19.4 Å². The Balaban J connectivity index is 1.60. The fourth-order valence-electron chi connectivity index (χ4n) is 5.59. The topological polar surface area (TPSA) is 126 Å². The summed E-state index contributed by atoms with van der Waals surface area (Å²) < 4.78 is 11.0. The van der Waals surface area contributed by atoms with Gasteiger partial charge in [-0.2, -0.15) is 0 Å². The fourth-order valence-corrected chi connectivity index (χ4v) is 5.59. The summed E-state index contributed by atoms with van der Waals surface area (Å²) in [6.07, 6.45) is 3.86. The molecule has 0 aromatic heterocycles. The van der Waals surface area contributed by atoms with E-state index in [9.17, 15) is 19.5 Å². The molecule has 198 valence electrons. The van der Waals surface area contributed by atoms with Crippen LogP contribution in [-0.4, -0.2) is 96.2 Å². The summed E-state index contributed by atoms with van der Waals surface area (Å²) in [5.41, 5.74) is 6.54. The summed E-state index contributed by atoms with van der Waals surface area (Å²) in [5.74, 6) is -0.767. The van der Waals surface area contributed by atoms with Gasteiger partial charge in [0.05, 0.1) is 12.5 Å². The normalized spacial score (nSPS) is 23.4. The number of aliphatic carboxylic acids is 1. The van der Waals surface area contributed by atoms with Crippen molar-refractivity contribution in [3.8, 4) is 11.5 Å². The van der Waals surface area contributed by atoms with Crippen LogP contribution < -0.4 is 15.2 Å². The summed E-state index contributed by atoms with van der Waals surface area (Å²) in [6.45, 7) is 5.44. The number of amides is 2. The minimum absolute atomic E-state index is 0.0230. The lowest BCUT2D eigenvalue weighted by molar-refractivity contribution is -0.144. The molecule has 3 aliphatic rings. The summed E-state index contributed by atoms with van der Waals surface area (Å²) >= 11 is 0. The van der Waals surface area contributed by atoms with E-state index in [2.05, 4.69) is 6.92 Å². The van der Waals surface area contributed by atoms with Gasteiger partial charge >= 0.3 is 5.97 Å². The van der Waals surface area contributed by atoms with E-state index in [1.54, 1.807) is 4.90 Å². The van der Waals surface area contributed by atoms with Crippen molar-refractivity contribution in [2.45, 2.75) is 51.0 Å². The molecule has 10 nitrogen and oxygen atoms in total. The molecular formula is C26H38N4O6. The van der Waals surface area contributed by atoms with E-state index < -0.39 is 17.9 Å². The number of likely N-dealkylation sites (tertiary alicyclic amines) is 2. The van der Waals surface area contributed by atoms with Gasteiger partial charge in [0.1, 0.15) is 0 Å². The van der Waals surface area contributed by atoms with Crippen LogP contribution >= 0.6 is 0 Å². The summed E-state index contributed by atoms with van der Waals surface area (Å²) in [7, 11) is 0. The molecule has 2 amide bonds. The van der Waals surface area contributed by atoms with Gasteiger partial charge in [-0.05, 0) is 43.5 Å². The van der Waals surface area contributed by atoms with Gasteiger partial charge in [0.25, 0.3) is 0 Å². The third-order valence-corrected chi connectivity index (χ3v) is 7.54. The van der Waals surface area contributed by atoms with Crippen molar-refractivity contribution in [1.82, 2.24) is 14.7 Å². The lowest BCUT2D eigenvalue weighted by atomic mass is 9.85. The molecule has 0 radical (unpaired) electrons. The number of carbonyl (C=O) groups excluding carboxylic acids is 2. The molecule has 0 aliphatic carbocycles. The minimum Gasteiger partial charge on any atom is -0.481 e. The highest BCUT2D eigenvalue weighted by molar-refractivity contribution is 5.80. The predicted molar refractivity (Wildman–Crippen MR) is 133 cm³/mol. The number of fused-ring (bicyclic) bond motifs is 1. The summed E-state index contributed by atoms with van der Waals surface area (Å²) in [4.78, 5) is 44.1. The molecule has 2 fully saturated rings. The van der Waals surface area contributed by atoms with Gasteiger partial charge in [0, 0.05) is 51.1 Å². The molecule has 3 aliphatic heterocycles. The number of ether oxygens (including phenoxy) is 2. The van der Waals surface area contributed by atoms with E-state index >= 15 is 0 Å². The average molecular weight is 503 g/mol. The Hall–Kier alpha value is -2.85. The summed E-state index contributed by atoms with van der Waals surface area (Å²) in [6, 6.07) is 5.07. The molecule has 2 saturated heterocycles. The van der Waals surface area contributed by atoms with Gasteiger partial charge in [-0.3, -0.25) is 19.3 Å². The third-order valence-electron chi connectivity index (χ3n) is 7.54. The molecule has 1 unspecified atom stereocenters. The average Bonchev–Trinajstić information content (AvgIpc) is 3.58. The van der Waals surface area contributed by atoms with Crippen molar-refractivity contribution < 1.29 is 29.0 Å². The zero-order valence-corrected chi connectivity index (χ0v) is 21.1. The van der Waals surface area contributed by atoms with Gasteiger partial charge in [0.2, 0.25) is 18.6 Å². The molecule has 0 bridgehead atoms. The standard InChI is InChI=1S/C26H38N4O6/c1-2-3-10-28(12-5-9-27)24(32)16-30-14-19(18-7-8-21-22(13-18)36-17-35-21)25(26(33)34)20(30)15-29-11-4-6-23(29)31/h7-8,13,19-20,25H,2-6,9-12,14-17,27H2,1H3,(H,33,34)/t19-,20+,25?/m1/s1. The number of unbranched alkanes of at least 4 members (excludes halogenated alkanes) is 1. The lowest BCUT2D eigenvalue weighted by Gasteiger charge is -2.32. The van der Waals surface area contributed by atoms with Crippen LogP contribution in [0.5, 0.6) is 11.5 Å². The van der Waals surface area contributed by atoms with E-state index in [0.717, 1.165) is 31.2 Å². The Morgan fingerprint density at radius 3 is 2.67 bits per heavy atom. The number of hydrogen-bond donors (Lipinski definition) is 2. The number of benzene rings is 1. The quantitative estimate of drug-likeness (QED) is 0.440. The van der Waals surface area contributed by atoms with Crippen LogP contribution in [0.25, 0.3) is 0 Å². The highest BCUT2D eigenvalue weighted by Gasteiger charge is 2.48. The minimum atomic E-state index is -0.921. The van der Waals surface area contributed by atoms with E-state index in [4.69, 9.17) is 15.2 Å². The van der Waals surface area contributed by atoms with Crippen molar-refractivity contribution in [2.24, 2.45) is 11.7 Å². The van der Waals surface area contributed by atoms with Crippen LogP contribution in [0, 0.1) is 5.92 Å². The van der Waals surface area contributed by atoms with Crippen LogP contribution in [0.15, 0.2) is 18.2 Å². The number of nitrogens with zero attached hydrogens (tertiary/aromatic N) is 3. The smallest absolute Gasteiger partial charge is 0.308 e. The lowest BCUT2D eigenvalue weighted by Crippen LogP contribution is -2.49. The number of carbonyl (C=O) groups is 3. The van der Waals surface area contributed by atoms with Crippen LogP contribution in [-0.2, 0) is 14.4 Å². The Labute approximate surface area is 212 Å². The maximum absolute atomic E-state index is 13.4. The Morgan fingerprint density at radius 2 is 1.97 bits per heavy atom. The van der Waals surface area contributed by atoms with Crippen LogP contribution in [0.2, 0.25) is 0 Å². The fraction of sp³-hybridized carbons (Fsp3) is 0.654. The van der Waals surface area contributed by atoms with Gasteiger partial charge in [0.15, 0.2) is 11.5 Å². The molecule has 4 rings (SSSR count). The van der Waals surface area contributed by atoms with Crippen molar-refractivity contribution in [3.63, 3.8) is 0 Å². The van der Waals surface area contributed by atoms with Crippen LogP contribution in [0.1, 0.15) is 50.5 Å². The first-order valence-electron chi connectivity index (χ1n) is 13.0. The van der Waals surface area contributed by atoms with Crippen molar-refractivity contribution >= 4 is 17.8 Å². The number of carboxylic acid groups (broad SMARTS) is 1. The molecule has 1 aromatic rings. The first-order chi connectivity index (χ1) is 17.4. The maximum atomic E-state index is 13.4. The number of nitrogens with two attached hydrogens (primary N) is 1. The zero-order chi connectivity index (χ0) is 25.7. The second-order valence-corrected chi connectivity index (χ2v) is 9.90. The SMILES string of the molecule is CCCCN(CCCN)C(=O)CN1C[C@H](c2ccc3c(c2)OCO3)C(C(=O)O)[C@@H]1CN1CCCC1=O. The number of hydrogen-bond acceptors (Lipinski definition) is 7. The molecule has 0 spiro atoms. The maximum Gasteiger partial charge on any atom is 0.308 e. The van der Waals surface area contributed by atoms with E-state index in [1.807, 2.05) is 28.0 Å². The van der Waals surface area contributed by atoms with E-state index in [-0.39, 0.29) is 31.1 Å². The van der Waals surface area contributed by atoms with Gasteiger partial charge < -0.3 is 30.1 Å². The Kier molecular flexibility index (Phi) is 8.68. The Bertz CT molecular complexity index is 948. The predicted octanol–water partition coefficient (Wildman–Crippen LogP) is 1.48. The first-order valence-corrected chi connectivity index (χ1v) is 13.0. The van der Waals surface area contributed by atoms with E-state index in [0.29, 0.717) is 57.2 Å². The highest BCUT2D eigenvalue weighted by atomic mass is 16.7. The Morgan fingerprint density at radius 1 is 1.19 bits per heavy atom. The monoisotopic (exact) mass is 502 g/mol. The molecule has 1 aromatic carbocycles. The van der Waals surface area contributed by atoms with E-state index in [1.165, 1.54) is 0 Å². The number of carboxylic acids is 1. The molecule has 36 heavy (non-hydrogen) atoms. The molecule has 3 N–H and O–H groups in total. The van der Waals surface area contributed by atoms with Gasteiger partial charge in [-0.25, -0.2) is 0 Å². The number of rotatable bonds is 12. The second-order valence-electron chi connectivity index (χ2n) is 9.90. The van der Waals surface area contributed by atoms with Crippen LogP contribution in [0.3, 0.4) is 0 Å². The van der Waals surface area contributed by atoms with Crippen molar-refractivity contribution in [1.29, 1.82) is 0 Å².